The summed E-state index contributed by atoms with van der Waals surface area (Å²) < 4.78 is 4.76. The van der Waals surface area contributed by atoms with Crippen molar-refractivity contribution in [3.8, 4) is 0 Å². The first-order chi connectivity index (χ1) is 17.0. The zero-order valence-corrected chi connectivity index (χ0v) is 21.9. The number of unbranched alkanes of at least 4 members (excludes halogenated alkanes) is 11. The van der Waals surface area contributed by atoms with Crippen LogP contribution in [0.1, 0.15) is 103 Å². The second-order valence-corrected chi connectivity index (χ2v) is 9.10. The number of carbonyl (C=O) groups is 3. The van der Waals surface area contributed by atoms with Crippen molar-refractivity contribution in [1.29, 1.82) is 0 Å². The normalized spacial score (nSPS) is 15.5. The van der Waals surface area contributed by atoms with Gasteiger partial charge in [-0.3, -0.25) is 19.3 Å². The van der Waals surface area contributed by atoms with Gasteiger partial charge in [0.15, 0.2) is 0 Å². The summed E-state index contributed by atoms with van der Waals surface area (Å²) >= 11 is 0. The Hall–Kier alpha value is -1.77. The number of carboxylic acids is 1. The van der Waals surface area contributed by atoms with Crippen molar-refractivity contribution in [2.75, 3.05) is 32.9 Å². The number of aliphatic hydroxyl groups excluding tert-OH is 1. The van der Waals surface area contributed by atoms with E-state index in [-0.39, 0.29) is 31.4 Å². The number of hydrogen-bond acceptors (Lipinski definition) is 6. The summed E-state index contributed by atoms with van der Waals surface area (Å²) in [4.78, 5) is 35.8. The van der Waals surface area contributed by atoms with Gasteiger partial charge >= 0.3 is 5.97 Å². The first-order valence-electron chi connectivity index (χ1n) is 13.6. The van der Waals surface area contributed by atoms with Crippen LogP contribution in [0.15, 0.2) is 12.2 Å². The quantitative estimate of drug-likeness (QED) is 0.167. The van der Waals surface area contributed by atoms with Crippen LogP contribution in [0.3, 0.4) is 0 Å². The van der Waals surface area contributed by atoms with Crippen molar-refractivity contribution in [2.24, 2.45) is 11.7 Å². The van der Waals surface area contributed by atoms with Crippen LogP contribution in [0, 0.1) is 5.92 Å². The van der Waals surface area contributed by atoms with Crippen LogP contribution in [0.2, 0.25) is 0 Å². The lowest BCUT2D eigenvalue weighted by Crippen LogP contribution is -2.32. The molecule has 0 bridgehead atoms. The Labute approximate surface area is 212 Å². The third-order valence-corrected chi connectivity index (χ3v) is 5.93. The van der Waals surface area contributed by atoms with E-state index >= 15 is 0 Å². The molecule has 204 valence electrons. The van der Waals surface area contributed by atoms with Crippen molar-refractivity contribution in [3.63, 3.8) is 0 Å². The van der Waals surface area contributed by atoms with Gasteiger partial charge in [-0.1, -0.05) is 70.4 Å². The molecule has 8 heteroatoms. The third kappa shape index (κ3) is 19.1. The Balaban J connectivity index is 0.00000143. The lowest BCUT2D eigenvalue weighted by molar-refractivity contribution is -0.142. The van der Waals surface area contributed by atoms with E-state index in [1.54, 1.807) is 0 Å². The van der Waals surface area contributed by atoms with Gasteiger partial charge in [0.05, 0.1) is 25.7 Å². The van der Waals surface area contributed by atoms with Gasteiger partial charge in [-0.15, -0.1) is 0 Å². The van der Waals surface area contributed by atoms with Gasteiger partial charge in [-0.2, -0.15) is 0 Å². The average molecular weight is 499 g/mol. The summed E-state index contributed by atoms with van der Waals surface area (Å²) in [6.07, 6.45) is 20.5. The molecule has 1 rings (SSSR count). The highest BCUT2D eigenvalue weighted by molar-refractivity contribution is 5.99. The minimum atomic E-state index is -0.996. The number of aliphatic carboxylic acids is 1. The van der Waals surface area contributed by atoms with Crippen LogP contribution in [0.5, 0.6) is 0 Å². The summed E-state index contributed by atoms with van der Waals surface area (Å²) in [7, 11) is 0. The molecule has 1 saturated heterocycles. The van der Waals surface area contributed by atoms with E-state index in [9.17, 15) is 14.4 Å². The Morgan fingerprint density at radius 2 is 1.54 bits per heavy atom. The van der Waals surface area contributed by atoms with Crippen molar-refractivity contribution in [1.82, 2.24) is 4.90 Å². The van der Waals surface area contributed by atoms with Gasteiger partial charge in [-0.25, -0.2) is 0 Å². The van der Waals surface area contributed by atoms with E-state index in [4.69, 9.17) is 20.7 Å². The molecule has 4 N–H and O–H groups in total. The van der Waals surface area contributed by atoms with Crippen molar-refractivity contribution >= 4 is 17.8 Å². The Bertz CT molecular complexity index is 578. The molecule has 1 atom stereocenters. The number of amides is 2. The van der Waals surface area contributed by atoms with Gasteiger partial charge < -0.3 is 20.7 Å². The highest BCUT2D eigenvalue weighted by Crippen LogP contribution is 2.20. The maximum Gasteiger partial charge on any atom is 0.308 e. The molecule has 1 heterocycles. The molecule has 1 aliphatic heterocycles. The highest BCUT2D eigenvalue weighted by atomic mass is 16.5. The SMILES string of the molecule is CCCCCCCCC=CCCCCCCCC(=O)N1CC(C(=O)O)CC1=O.NCCOCCO. The van der Waals surface area contributed by atoms with Crippen LogP contribution < -0.4 is 5.73 Å². The van der Waals surface area contributed by atoms with E-state index in [1.807, 2.05) is 0 Å². The predicted octanol–water partition coefficient (Wildman–Crippen LogP) is 4.44. The maximum atomic E-state index is 12.1. The number of nitrogens with two attached hydrogens (primary N) is 1. The number of rotatable bonds is 20. The summed E-state index contributed by atoms with van der Waals surface area (Å²) in [5.74, 6) is -2.29. The fourth-order valence-corrected chi connectivity index (χ4v) is 3.85. The van der Waals surface area contributed by atoms with E-state index in [1.165, 1.54) is 57.8 Å². The fraction of sp³-hybridized carbons (Fsp3) is 0.815. The summed E-state index contributed by atoms with van der Waals surface area (Å²) in [5, 5.41) is 17.1. The fourth-order valence-electron chi connectivity index (χ4n) is 3.85. The standard InChI is InChI=1S/C23H39NO4.C4H11NO2/c1-2-3-4-5-6-7-8-9-10-11-12-13-14-15-16-17-21(25)24-19-20(23(27)28)18-22(24)26;5-1-3-7-4-2-6/h9-10,20H,2-8,11-19H2,1H3,(H,27,28);6H,1-5H2. The molecule has 0 saturated carbocycles. The molecule has 0 aromatic heterocycles. The van der Waals surface area contributed by atoms with Crippen LogP contribution in [0.4, 0.5) is 0 Å². The molecule has 0 aromatic carbocycles. The van der Waals surface area contributed by atoms with Crippen LogP contribution in [-0.2, 0) is 19.1 Å². The van der Waals surface area contributed by atoms with E-state index < -0.39 is 11.9 Å². The molecule has 8 nitrogen and oxygen atoms in total. The zero-order chi connectivity index (χ0) is 26.2. The van der Waals surface area contributed by atoms with Crippen molar-refractivity contribution in [3.05, 3.63) is 12.2 Å². The van der Waals surface area contributed by atoms with Gasteiger partial charge in [0.25, 0.3) is 0 Å². The van der Waals surface area contributed by atoms with Gasteiger partial charge in [0.1, 0.15) is 0 Å². The van der Waals surface area contributed by atoms with E-state index in [0.29, 0.717) is 26.2 Å². The summed E-state index contributed by atoms with van der Waals surface area (Å²) in [5.41, 5.74) is 5.06. The molecule has 1 unspecified atom stereocenters. The highest BCUT2D eigenvalue weighted by Gasteiger charge is 2.37. The number of nitrogens with zero attached hydrogens (tertiary/aromatic N) is 1. The predicted molar refractivity (Wildman–Crippen MR) is 139 cm³/mol. The first-order valence-corrected chi connectivity index (χ1v) is 13.6. The summed E-state index contributed by atoms with van der Waals surface area (Å²) in [6.45, 7) is 3.84. The number of aliphatic hydroxyl groups is 1. The lowest BCUT2D eigenvalue weighted by Gasteiger charge is -2.13. The number of hydrogen-bond donors (Lipinski definition) is 3. The Morgan fingerprint density at radius 3 is 2.06 bits per heavy atom. The largest absolute Gasteiger partial charge is 0.481 e. The molecular formula is C27H50N2O6. The number of imide groups is 1. The second kappa shape index (κ2) is 23.9. The molecule has 0 spiro atoms. The molecule has 1 fully saturated rings. The van der Waals surface area contributed by atoms with Crippen LogP contribution in [-0.4, -0.2) is 65.8 Å². The van der Waals surface area contributed by atoms with Crippen molar-refractivity contribution in [2.45, 2.75) is 103 Å². The van der Waals surface area contributed by atoms with Gasteiger partial charge in [0, 0.05) is 25.9 Å². The number of allylic oxidation sites excluding steroid dienone is 2. The van der Waals surface area contributed by atoms with E-state index in [0.717, 1.165) is 30.6 Å². The van der Waals surface area contributed by atoms with E-state index in [2.05, 4.69) is 19.1 Å². The lowest BCUT2D eigenvalue weighted by atomic mass is 10.1. The monoisotopic (exact) mass is 498 g/mol. The molecular weight excluding hydrogens is 448 g/mol. The summed E-state index contributed by atoms with van der Waals surface area (Å²) in [6, 6.07) is 0. The maximum absolute atomic E-state index is 12.1. The Kier molecular flexibility index (Phi) is 22.7. The van der Waals surface area contributed by atoms with Crippen LogP contribution in [0.25, 0.3) is 0 Å². The van der Waals surface area contributed by atoms with Crippen molar-refractivity contribution < 1.29 is 29.3 Å². The molecule has 2 amide bonds. The number of likely N-dealkylation sites (tertiary alicyclic amines) is 1. The first kappa shape index (κ1) is 33.2. The van der Waals surface area contributed by atoms with Crippen LogP contribution >= 0.6 is 0 Å². The number of carboxylic acid groups (broad SMARTS) is 1. The molecule has 0 aromatic rings. The second-order valence-electron chi connectivity index (χ2n) is 9.10. The third-order valence-electron chi connectivity index (χ3n) is 5.93. The molecule has 35 heavy (non-hydrogen) atoms. The smallest absolute Gasteiger partial charge is 0.308 e. The van der Waals surface area contributed by atoms with Gasteiger partial charge in [0.2, 0.25) is 11.8 Å². The molecule has 0 radical (unpaired) electrons. The minimum absolute atomic E-state index is 0.0398. The number of carbonyl (C=O) groups excluding carboxylic acids is 2. The minimum Gasteiger partial charge on any atom is -0.481 e. The zero-order valence-electron chi connectivity index (χ0n) is 21.9. The number of ether oxygens (including phenoxy) is 1. The van der Waals surface area contributed by atoms with Gasteiger partial charge in [-0.05, 0) is 32.1 Å². The topological polar surface area (TPSA) is 130 Å². The molecule has 0 aliphatic carbocycles. The average Bonchev–Trinajstić information content (AvgIpc) is 3.24. The molecule has 1 aliphatic rings. The Morgan fingerprint density at radius 1 is 0.971 bits per heavy atom.